The molecule has 1 N–H and O–H groups in total. The van der Waals surface area contributed by atoms with Gasteiger partial charge in [-0.3, -0.25) is 4.79 Å². The third-order valence-electron chi connectivity index (χ3n) is 6.32. The second-order valence-corrected chi connectivity index (χ2v) is 11.1. The molecule has 1 atom stereocenters. The van der Waals surface area contributed by atoms with Gasteiger partial charge >= 0.3 is 0 Å². The Labute approximate surface area is 202 Å². The van der Waals surface area contributed by atoms with Crippen LogP contribution in [0, 0.1) is 12.7 Å². The number of aryl methyl sites for hydroxylation is 1. The summed E-state index contributed by atoms with van der Waals surface area (Å²) in [4.78, 5) is 18.2. The number of hydrogen-bond donors (Lipinski definition) is 1. The predicted octanol–water partition coefficient (Wildman–Crippen LogP) is 3.88. The average Bonchev–Trinajstić information content (AvgIpc) is 3.39. The lowest BCUT2D eigenvalue weighted by Gasteiger charge is -2.12. The molecule has 4 aromatic rings. The maximum atomic E-state index is 13.3. The summed E-state index contributed by atoms with van der Waals surface area (Å²) in [7, 11) is -3.12. The molecule has 5 rings (SSSR count). The van der Waals surface area contributed by atoms with E-state index >= 15 is 0 Å². The monoisotopic (exact) mass is 492 g/mol. The number of carbonyl (C=O) groups excluding carboxylic acids is 1. The smallest absolute Gasteiger partial charge is 0.252 e. The van der Waals surface area contributed by atoms with Gasteiger partial charge in [-0.05, 0) is 43.5 Å². The van der Waals surface area contributed by atoms with Crippen LogP contribution in [0.1, 0.15) is 34.1 Å². The molecule has 0 radical (unpaired) electrons. The van der Waals surface area contributed by atoms with E-state index in [2.05, 4.69) is 10.4 Å². The first-order valence-corrected chi connectivity index (χ1v) is 13.3. The second kappa shape index (κ2) is 9.22. The van der Waals surface area contributed by atoms with Crippen LogP contribution in [0.25, 0.3) is 22.3 Å². The van der Waals surface area contributed by atoms with Crippen LogP contribution in [0.5, 0.6) is 0 Å². The Kier molecular flexibility index (Phi) is 6.10. The summed E-state index contributed by atoms with van der Waals surface area (Å²) in [6, 6.07) is 17.2. The van der Waals surface area contributed by atoms with Gasteiger partial charge < -0.3 is 5.32 Å². The fourth-order valence-electron chi connectivity index (χ4n) is 4.54. The number of halogens is 1. The molecule has 0 unspecified atom stereocenters. The van der Waals surface area contributed by atoms with Crippen LogP contribution in [0.2, 0.25) is 0 Å². The number of benzene rings is 2. The van der Waals surface area contributed by atoms with Crippen LogP contribution in [0.3, 0.4) is 0 Å². The van der Waals surface area contributed by atoms with Crippen LogP contribution >= 0.6 is 0 Å². The summed E-state index contributed by atoms with van der Waals surface area (Å²) < 4.78 is 39.1. The zero-order valence-electron chi connectivity index (χ0n) is 19.2. The van der Waals surface area contributed by atoms with Crippen molar-refractivity contribution in [3.63, 3.8) is 0 Å². The van der Waals surface area contributed by atoms with Crippen molar-refractivity contribution < 1.29 is 17.6 Å². The van der Waals surface area contributed by atoms with E-state index in [4.69, 9.17) is 4.98 Å². The molecule has 1 amide bonds. The number of nitrogens with one attached hydrogen (secondary N) is 1. The van der Waals surface area contributed by atoms with Gasteiger partial charge in [0.15, 0.2) is 15.5 Å². The summed E-state index contributed by atoms with van der Waals surface area (Å²) in [5, 5.41) is 8.20. The molecule has 0 spiro atoms. The lowest BCUT2D eigenvalue weighted by molar-refractivity contribution is 0.0955. The van der Waals surface area contributed by atoms with E-state index in [1.807, 2.05) is 30.3 Å². The fraction of sp³-hybridized carbons (Fsp3) is 0.269. The lowest BCUT2D eigenvalue weighted by atomic mass is 10.0. The first-order chi connectivity index (χ1) is 16.8. The van der Waals surface area contributed by atoms with Crippen LogP contribution in [0.15, 0.2) is 60.7 Å². The number of amides is 1. The van der Waals surface area contributed by atoms with Crippen molar-refractivity contribution in [2.75, 3.05) is 18.1 Å². The van der Waals surface area contributed by atoms with E-state index in [1.165, 1.54) is 12.1 Å². The number of fused-ring (bicyclic) bond motifs is 1. The summed E-state index contributed by atoms with van der Waals surface area (Å²) in [6.45, 7) is 2.18. The normalized spacial score (nSPS) is 17.0. The molecular weight excluding hydrogens is 467 g/mol. The Morgan fingerprint density at radius 3 is 2.57 bits per heavy atom. The Hall–Kier alpha value is -3.59. The molecule has 0 bridgehead atoms. The maximum Gasteiger partial charge on any atom is 0.252 e. The lowest BCUT2D eigenvalue weighted by Crippen LogP contribution is -2.26. The minimum Gasteiger partial charge on any atom is -0.352 e. The number of carbonyl (C=O) groups is 1. The molecule has 2 aromatic heterocycles. The van der Waals surface area contributed by atoms with Gasteiger partial charge in [0.2, 0.25) is 0 Å². The highest BCUT2D eigenvalue weighted by Gasteiger charge is 2.32. The first-order valence-electron chi connectivity index (χ1n) is 11.5. The number of rotatable bonds is 6. The molecule has 1 aliphatic rings. The van der Waals surface area contributed by atoms with Gasteiger partial charge in [-0.1, -0.05) is 42.5 Å². The number of nitrogens with zero attached hydrogens (tertiary/aromatic N) is 3. The molecule has 1 saturated heterocycles. The van der Waals surface area contributed by atoms with Crippen LogP contribution in [0.4, 0.5) is 4.39 Å². The number of pyridine rings is 1. The van der Waals surface area contributed by atoms with Crippen molar-refractivity contribution in [2.24, 2.45) is 0 Å². The van der Waals surface area contributed by atoms with Crippen molar-refractivity contribution in [3.05, 3.63) is 83.3 Å². The van der Waals surface area contributed by atoms with Gasteiger partial charge in [0.05, 0.1) is 39.9 Å². The van der Waals surface area contributed by atoms with Crippen LogP contribution < -0.4 is 5.32 Å². The van der Waals surface area contributed by atoms with E-state index in [9.17, 15) is 17.6 Å². The molecule has 3 heterocycles. The number of aromatic nitrogens is 3. The standard InChI is InChI=1S/C26H25FN4O3S/c1-17-24-22(26(32)28-13-11-18-7-9-20(27)10-8-18)15-23(19-5-3-2-4-6-19)29-25(24)31(30-17)21-12-14-35(33,34)16-21/h2-10,15,21H,11-14,16H2,1H3,(H,28,32)/t21-/m1/s1. The molecule has 35 heavy (non-hydrogen) atoms. The topological polar surface area (TPSA) is 93.9 Å². The summed E-state index contributed by atoms with van der Waals surface area (Å²) in [6.07, 6.45) is 1.03. The SMILES string of the molecule is Cc1nn([C@@H]2CCS(=O)(=O)C2)c2nc(-c3ccccc3)cc(C(=O)NCCc3ccc(F)cc3)c12. The molecule has 0 aliphatic carbocycles. The van der Waals surface area contributed by atoms with E-state index in [0.29, 0.717) is 47.4 Å². The van der Waals surface area contributed by atoms with Crippen LogP contribution in [-0.4, -0.2) is 47.1 Å². The van der Waals surface area contributed by atoms with Gasteiger partial charge in [0, 0.05) is 12.1 Å². The van der Waals surface area contributed by atoms with Crippen molar-refractivity contribution in [1.82, 2.24) is 20.1 Å². The van der Waals surface area contributed by atoms with E-state index in [-0.39, 0.29) is 29.3 Å². The molecule has 1 fully saturated rings. The Balaban J connectivity index is 1.52. The van der Waals surface area contributed by atoms with Gasteiger partial charge in [0.1, 0.15) is 5.82 Å². The maximum absolute atomic E-state index is 13.3. The average molecular weight is 493 g/mol. The Morgan fingerprint density at radius 1 is 1.14 bits per heavy atom. The molecule has 180 valence electrons. The van der Waals surface area contributed by atoms with Crippen molar-refractivity contribution in [1.29, 1.82) is 0 Å². The Bertz CT molecular complexity index is 1500. The molecule has 0 saturated carbocycles. The van der Waals surface area contributed by atoms with E-state index < -0.39 is 9.84 Å². The second-order valence-electron chi connectivity index (χ2n) is 8.84. The number of sulfone groups is 1. The molecule has 2 aromatic carbocycles. The molecule has 9 heteroatoms. The minimum absolute atomic E-state index is 0.0136. The largest absolute Gasteiger partial charge is 0.352 e. The third kappa shape index (κ3) is 4.81. The highest BCUT2D eigenvalue weighted by molar-refractivity contribution is 7.91. The zero-order valence-corrected chi connectivity index (χ0v) is 20.1. The summed E-state index contributed by atoms with van der Waals surface area (Å²) in [5.41, 5.74) is 3.96. The van der Waals surface area contributed by atoms with Gasteiger partial charge in [-0.2, -0.15) is 5.10 Å². The molecular formula is C26H25FN4O3S. The minimum atomic E-state index is -3.12. The zero-order chi connectivity index (χ0) is 24.6. The van der Waals surface area contributed by atoms with E-state index in [1.54, 1.807) is 29.8 Å². The first kappa shape index (κ1) is 23.2. The number of hydrogen-bond acceptors (Lipinski definition) is 5. The van der Waals surface area contributed by atoms with Crippen molar-refractivity contribution in [2.45, 2.75) is 25.8 Å². The molecule has 7 nitrogen and oxygen atoms in total. The van der Waals surface area contributed by atoms with Crippen LogP contribution in [-0.2, 0) is 16.3 Å². The van der Waals surface area contributed by atoms with Crippen molar-refractivity contribution >= 4 is 26.8 Å². The fourth-order valence-corrected chi connectivity index (χ4v) is 6.23. The summed E-state index contributed by atoms with van der Waals surface area (Å²) >= 11 is 0. The van der Waals surface area contributed by atoms with Gasteiger partial charge in [-0.15, -0.1) is 0 Å². The highest BCUT2D eigenvalue weighted by Crippen LogP contribution is 2.32. The van der Waals surface area contributed by atoms with Gasteiger partial charge in [0.25, 0.3) is 5.91 Å². The van der Waals surface area contributed by atoms with Gasteiger partial charge in [-0.25, -0.2) is 22.5 Å². The summed E-state index contributed by atoms with van der Waals surface area (Å²) in [5.74, 6) is -0.432. The highest BCUT2D eigenvalue weighted by atomic mass is 32.2. The van der Waals surface area contributed by atoms with Crippen molar-refractivity contribution in [3.8, 4) is 11.3 Å². The Morgan fingerprint density at radius 2 is 1.89 bits per heavy atom. The molecule has 1 aliphatic heterocycles. The van der Waals surface area contributed by atoms with E-state index in [0.717, 1.165) is 11.1 Å². The third-order valence-corrected chi connectivity index (χ3v) is 8.07. The quantitative estimate of drug-likeness (QED) is 0.441. The predicted molar refractivity (Wildman–Crippen MR) is 132 cm³/mol.